The second-order valence-electron chi connectivity index (χ2n) is 4.34. The molecule has 0 unspecified atom stereocenters. The van der Waals surface area contributed by atoms with E-state index in [0.717, 1.165) is 30.9 Å². The Hall–Kier alpha value is -0.930. The van der Waals surface area contributed by atoms with Gasteiger partial charge in [-0.05, 0) is 18.4 Å². The first-order valence-corrected chi connectivity index (χ1v) is 7.63. The van der Waals surface area contributed by atoms with Crippen molar-refractivity contribution < 1.29 is 4.21 Å². The Morgan fingerprint density at radius 3 is 2.65 bits per heavy atom. The summed E-state index contributed by atoms with van der Waals surface area (Å²) < 4.78 is 11.2. The summed E-state index contributed by atoms with van der Waals surface area (Å²) in [6.45, 7) is 0.895. The van der Waals surface area contributed by atoms with Gasteiger partial charge in [0.15, 0.2) is 0 Å². The average molecular weight is 249 g/mol. The van der Waals surface area contributed by atoms with Crippen LogP contribution in [0.25, 0.3) is 6.08 Å². The summed E-state index contributed by atoms with van der Waals surface area (Å²) in [6.07, 6.45) is 6.38. The van der Waals surface area contributed by atoms with E-state index in [1.165, 1.54) is 5.56 Å². The molecule has 0 bridgehead atoms. The van der Waals surface area contributed by atoms with Crippen molar-refractivity contribution in [3.8, 4) is 0 Å². The number of hydrogen-bond acceptors (Lipinski definition) is 2. The van der Waals surface area contributed by atoms with Gasteiger partial charge in [-0.15, -0.1) is 0 Å². The Balaban J connectivity index is 1.69. The molecule has 1 heterocycles. The SMILES string of the molecule is O=S1CCC(NC/C=C/c2ccccc2)CC1. The van der Waals surface area contributed by atoms with Gasteiger partial charge in [-0.3, -0.25) is 4.21 Å². The van der Waals surface area contributed by atoms with Gasteiger partial charge in [0.2, 0.25) is 0 Å². The first-order valence-electron chi connectivity index (χ1n) is 6.14. The van der Waals surface area contributed by atoms with E-state index in [9.17, 15) is 4.21 Å². The van der Waals surface area contributed by atoms with Crippen LogP contribution >= 0.6 is 0 Å². The number of nitrogens with one attached hydrogen (secondary N) is 1. The van der Waals surface area contributed by atoms with E-state index in [1.807, 2.05) is 18.2 Å². The van der Waals surface area contributed by atoms with Gasteiger partial charge in [0.05, 0.1) is 0 Å². The topological polar surface area (TPSA) is 29.1 Å². The van der Waals surface area contributed by atoms with Gasteiger partial charge in [0.25, 0.3) is 0 Å². The first-order chi connectivity index (χ1) is 8.34. The van der Waals surface area contributed by atoms with Gasteiger partial charge in [-0.2, -0.15) is 0 Å². The summed E-state index contributed by atoms with van der Waals surface area (Å²) in [7, 11) is -0.556. The zero-order valence-corrected chi connectivity index (χ0v) is 10.8. The van der Waals surface area contributed by atoms with Gasteiger partial charge in [0, 0.05) is 34.9 Å². The molecular weight excluding hydrogens is 230 g/mol. The number of hydrogen-bond donors (Lipinski definition) is 1. The quantitative estimate of drug-likeness (QED) is 0.886. The third-order valence-electron chi connectivity index (χ3n) is 3.02. The Bertz CT molecular complexity index is 378. The van der Waals surface area contributed by atoms with Crippen LogP contribution in [0.3, 0.4) is 0 Å². The van der Waals surface area contributed by atoms with Crippen LogP contribution in [-0.4, -0.2) is 28.3 Å². The molecule has 1 saturated heterocycles. The Morgan fingerprint density at radius 1 is 1.24 bits per heavy atom. The molecule has 2 nitrogen and oxygen atoms in total. The molecule has 0 amide bonds. The van der Waals surface area contributed by atoms with Crippen molar-refractivity contribution >= 4 is 16.9 Å². The summed E-state index contributed by atoms with van der Waals surface area (Å²) in [5.41, 5.74) is 1.24. The van der Waals surface area contributed by atoms with Gasteiger partial charge in [0.1, 0.15) is 0 Å². The summed E-state index contributed by atoms with van der Waals surface area (Å²) >= 11 is 0. The number of rotatable bonds is 4. The lowest BCUT2D eigenvalue weighted by atomic mass is 10.1. The highest BCUT2D eigenvalue weighted by molar-refractivity contribution is 7.85. The lowest BCUT2D eigenvalue weighted by Crippen LogP contribution is -2.35. The molecule has 0 radical (unpaired) electrons. The molecule has 2 rings (SSSR count). The van der Waals surface area contributed by atoms with Crippen LogP contribution in [0.2, 0.25) is 0 Å². The van der Waals surface area contributed by atoms with E-state index < -0.39 is 10.8 Å². The fourth-order valence-electron chi connectivity index (χ4n) is 1.99. The van der Waals surface area contributed by atoms with Gasteiger partial charge in [-0.25, -0.2) is 0 Å². The van der Waals surface area contributed by atoms with E-state index in [4.69, 9.17) is 0 Å². The first kappa shape index (κ1) is 12.5. The standard InChI is InChI=1S/C14H19NOS/c16-17-11-8-14(9-12-17)15-10-4-7-13-5-2-1-3-6-13/h1-7,14-15H,8-12H2/b7-4+. The fourth-order valence-corrected chi connectivity index (χ4v) is 3.29. The van der Waals surface area contributed by atoms with E-state index in [1.54, 1.807) is 0 Å². The molecule has 0 saturated carbocycles. The van der Waals surface area contributed by atoms with Gasteiger partial charge >= 0.3 is 0 Å². The highest BCUT2D eigenvalue weighted by Gasteiger charge is 2.16. The predicted molar refractivity (Wildman–Crippen MR) is 74.4 cm³/mol. The van der Waals surface area contributed by atoms with Crippen LogP contribution in [0.1, 0.15) is 18.4 Å². The average Bonchev–Trinajstić information content (AvgIpc) is 2.38. The minimum atomic E-state index is -0.556. The van der Waals surface area contributed by atoms with E-state index in [-0.39, 0.29) is 0 Å². The molecular formula is C14H19NOS. The minimum absolute atomic E-state index is 0.549. The maximum atomic E-state index is 11.2. The molecule has 3 heteroatoms. The van der Waals surface area contributed by atoms with Crippen LogP contribution in [0.4, 0.5) is 0 Å². The van der Waals surface area contributed by atoms with Crippen LogP contribution in [0, 0.1) is 0 Å². The zero-order valence-electron chi connectivity index (χ0n) is 9.97. The molecule has 1 N–H and O–H groups in total. The van der Waals surface area contributed by atoms with Crippen molar-refractivity contribution in [3.63, 3.8) is 0 Å². The molecule has 0 aliphatic carbocycles. The maximum Gasteiger partial charge on any atom is 0.0249 e. The minimum Gasteiger partial charge on any atom is -0.310 e. The lowest BCUT2D eigenvalue weighted by molar-refractivity contribution is 0.499. The van der Waals surface area contributed by atoms with Crippen molar-refractivity contribution in [1.29, 1.82) is 0 Å². The molecule has 17 heavy (non-hydrogen) atoms. The fraction of sp³-hybridized carbons (Fsp3) is 0.429. The maximum absolute atomic E-state index is 11.2. The van der Waals surface area contributed by atoms with E-state index >= 15 is 0 Å². The molecule has 1 aromatic carbocycles. The zero-order chi connectivity index (χ0) is 11.9. The van der Waals surface area contributed by atoms with E-state index in [0.29, 0.717) is 6.04 Å². The Kier molecular flexibility index (Phi) is 4.95. The van der Waals surface area contributed by atoms with Crippen LogP contribution in [-0.2, 0) is 10.8 Å². The van der Waals surface area contributed by atoms with Crippen molar-refractivity contribution in [2.24, 2.45) is 0 Å². The smallest absolute Gasteiger partial charge is 0.0249 e. The third-order valence-corrected chi connectivity index (χ3v) is 4.40. The summed E-state index contributed by atoms with van der Waals surface area (Å²) in [5.74, 6) is 1.72. The normalized spacial score (nSPS) is 25.2. The van der Waals surface area contributed by atoms with Gasteiger partial charge in [-0.1, -0.05) is 42.5 Å². The van der Waals surface area contributed by atoms with Crippen LogP contribution in [0.5, 0.6) is 0 Å². The Morgan fingerprint density at radius 2 is 1.94 bits per heavy atom. The highest BCUT2D eigenvalue weighted by Crippen LogP contribution is 2.08. The molecule has 1 aromatic rings. The lowest BCUT2D eigenvalue weighted by Gasteiger charge is -2.21. The molecule has 1 fully saturated rings. The molecule has 1 aliphatic rings. The molecule has 0 spiro atoms. The number of benzene rings is 1. The van der Waals surface area contributed by atoms with Crippen LogP contribution in [0.15, 0.2) is 36.4 Å². The Labute approximate surface area is 106 Å². The molecule has 0 aromatic heterocycles. The third kappa shape index (κ3) is 4.44. The summed E-state index contributed by atoms with van der Waals surface area (Å²) in [5, 5.41) is 3.49. The van der Waals surface area contributed by atoms with Crippen molar-refractivity contribution in [1.82, 2.24) is 5.32 Å². The largest absolute Gasteiger partial charge is 0.310 e. The summed E-state index contributed by atoms with van der Waals surface area (Å²) in [6, 6.07) is 10.9. The second-order valence-corrected chi connectivity index (χ2v) is 6.04. The van der Waals surface area contributed by atoms with E-state index in [2.05, 4.69) is 29.6 Å². The van der Waals surface area contributed by atoms with Crippen molar-refractivity contribution in [3.05, 3.63) is 42.0 Å². The second kappa shape index (κ2) is 6.72. The van der Waals surface area contributed by atoms with Crippen molar-refractivity contribution in [2.75, 3.05) is 18.1 Å². The highest BCUT2D eigenvalue weighted by atomic mass is 32.2. The monoisotopic (exact) mass is 249 g/mol. The van der Waals surface area contributed by atoms with Gasteiger partial charge < -0.3 is 5.32 Å². The molecule has 92 valence electrons. The predicted octanol–water partition coefficient (Wildman–Crippen LogP) is 2.20. The molecule has 1 aliphatic heterocycles. The molecule has 0 atom stereocenters. The van der Waals surface area contributed by atoms with Crippen molar-refractivity contribution in [2.45, 2.75) is 18.9 Å². The van der Waals surface area contributed by atoms with Crippen LogP contribution < -0.4 is 5.32 Å². The summed E-state index contributed by atoms with van der Waals surface area (Å²) in [4.78, 5) is 0.